The molecule has 0 radical (unpaired) electrons. The molecule has 1 fully saturated rings. The largest absolute Gasteiger partial charge is 0.465 e. The fourth-order valence-corrected chi connectivity index (χ4v) is 2.43. The van der Waals surface area contributed by atoms with Gasteiger partial charge in [-0.05, 0) is 6.92 Å². The first-order chi connectivity index (χ1) is 9.16. The van der Waals surface area contributed by atoms with E-state index in [1.165, 1.54) is 11.2 Å². The Bertz CT molecular complexity index is 612. The predicted octanol–water partition coefficient (Wildman–Crippen LogP) is 0.541. The Morgan fingerprint density at radius 1 is 1.47 bits per heavy atom. The van der Waals surface area contributed by atoms with E-state index in [1.54, 1.807) is 6.20 Å². The molecule has 0 spiro atoms. The molecule has 8 nitrogen and oxygen atoms in total. The molecular weight excluding hydrogens is 248 g/mol. The molecule has 2 aromatic rings. The Labute approximate surface area is 109 Å². The highest BCUT2D eigenvalue weighted by atomic mass is 16.4. The highest BCUT2D eigenvalue weighted by Crippen LogP contribution is 2.24. The molecule has 0 aromatic carbocycles. The maximum absolute atomic E-state index is 11.0. The Morgan fingerprint density at radius 3 is 3.05 bits per heavy atom. The number of hydrogen-bond acceptors (Lipinski definition) is 5. The molecule has 2 aromatic heterocycles. The number of hydrogen-bond donors (Lipinski definition) is 2. The van der Waals surface area contributed by atoms with Crippen molar-refractivity contribution in [2.75, 3.05) is 24.5 Å². The summed E-state index contributed by atoms with van der Waals surface area (Å²) in [6.45, 7) is 3.55. The maximum Gasteiger partial charge on any atom is 0.407 e. The zero-order chi connectivity index (χ0) is 13.4. The Hall–Kier alpha value is -2.38. The molecular formula is C11H14N6O2. The van der Waals surface area contributed by atoms with Gasteiger partial charge in [-0.3, -0.25) is 5.10 Å². The van der Waals surface area contributed by atoms with Crippen molar-refractivity contribution in [3.05, 3.63) is 12.5 Å². The van der Waals surface area contributed by atoms with E-state index >= 15 is 0 Å². The van der Waals surface area contributed by atoms with Crippen molar-refractivity contribution in [2.45, 2.75) is 13.0 Å². The van der Waals surface area contributed by atoms with E-state index in [4.69, 9.17) is 5.11 Å². The number of aromatic nitrogens is 4. The van der Waals surface area contributed by atoms with Gasteiger partial charge in [0.2, 0.25) is 0 Å². The molecule has 1 atom stereocenters. The fourth-order valence-electron chi connectivity index (χ4n) is 2.43. The smallest absolute Gasteiger partial charge is 0.407 e. The third-order valence-electron chi connectivity index (χ3n) is 3.40. The lowest BCUT2D eigenvalue weighted by Gasteiger charge is -2.39. The van der Waals surface area contributed by atoms with E-state index in [0.717, 1.165) is 11.2 Å². The molecule has 1 amide bonds. The summed E-state index contributed by atoms with van der Waals surface area (Å²) < 4.78 is 0. The topological polar surface area (TPSA) is 98.2 Å². The van der Waals surface area contributed by atoms with E-state index in [2.05, 4.69) is 25.1 Å². The average Bonchev–Trinajstić information content (AvgIpc) is 2.86. The zero-order valence-electron chi connectivity index (χ0n) is 10.4. The van der Waals surface area contributed by atoms with Crippen molar-refractivity contribution in [3.63, 3.8) is 0 Å². The lowest BCUT2D eigenvalue weighted by molar-refractivity contribution is 0.136. The van der Waals surface area contributed by atoms with Gasteiger partial charge in [0.1, 0.15) is 12.1 Å². The molecule has 19 heavy (non-hydrogen) atoms. The second kappa shape index (κ2) is 4.38. The Morgan fingerprint density at radius 2 is 2.32 bits per heavy atom. The van der Waals surface area contributed by atoms with Gasteiger partial charge in [-0.2, -0.15) is 5.10 Å². The van der Waals surface area contributed by atoms with Gasteiger partial charge >= 0.3 is 6.09 Å². The number of fused-ring (bicyclic) bond motifs is 1. The van der Waals surface area contributed by atoms with Crippen LogP contribution in [0.5, 0.6) is 0 Å². The highest BCUT2D eigenvalue weighted by molar-refractivity contribution is 5.86. The van der Waals surface area contributed by atoms with E-state index in [-0.39, 0.29) is 6.04 Å². The number of nitrogens with one attached hydrogen (secondary N) is 1. The quantitative estimate of drug-likeness (QED) is 0.778. The van der Waals surface area contributed by atoms with Crippen LogP contribution in [0.4, 0.5) is 10.6 Å². The molecule has 1 saturated heterocycles. The van der Waals surface area contributed by atoms with E-state index in [1.807, 2.05) is 6.92 Å². The van der Waals surface area contributed by atoms with Crippen molar-refractivity contribution in [1.29, 1.82) is 0 Å². The number of nitrogens with zero attached hydrogens (tertiary/aromatic N) is 5. The maximum atomic E-state index is 11.0. The van der Waals surface area contributed by atoms with Gasteiger partial charge in [0.05, 0.1) is 11.6 Å². The monoisotopic (exact) mass is 262 g/mol. The van der Waals surface area contributed by atoms with Crippen molar-refractivity contribution in [2.24, 2.45) is 0 Å². The van der Waals surface area contributed by atoms with Crippen LogP contribution in [-0.2, 0) is 0 Å². The second-order valence-corrected chi connectivity index (χ2v) is 4.60. The molecule has 0 saturated carbocycles. The van der Waals surface area contributed by atoms with Crippen LogP contribution in [0.3, 0.4) is 0 Å². The summed E-state index contributed by atoms with van der Waals surface area (Å²) in [6.07, 6.45) is 2.32. The first kappa shape index (κ1) is 11.7. The van der Waals surface area contributed by atoms with Gasteiger partial charge < -0.3 is 14.9 Å². The molecule has 3 heterocycles. The van der Waals surface area contributed by atoms with E-state index < -0.39 is 6.09 Å². The standard InChI is InChI=1S/C11H14N6O2/c1-7-5-16(11(18)19)2-3-17(7)10-8-4-14-15-9(8)12-6-13-10/h4,6-7H,2-3,5H2,1H3,(H,18,19)(H,12,13,14,15). The van der Waals surface area contributed by atoms with Gasteiger partial charge in [-0.15, -0.1) is 0 Å². The molecule has 0 bridgehead atoms. The number of rotatable bonds is 1. The van der Waals surface area contributed by atoms with Crippen LogP contribution < -0.4 is 4.90 Å². The summed E-state index contributed by atoms with van der Waals surface area (Å²) in [4.78, 5) is 22.9. The Balaban J connectivity index is 1.91. The van der Waals surface area contributed by atoms with Crippen LogP contribution in [0.15, 0.2) is 12.5 Å². The van der Waals surface area contributed by atoms with Crippen LogP contribution in [-0.4, -0.2) is 61.9 Å². The van der Waals surface area contributed by atoms with Crippen LogP contribution in [0.2, 0.25) is 0 Å². The lowest BCUT2D eigenvalue weighted by Crippen LogP contribution is -2.53. The van der Waals surface area contributed by atoms with E-state index in [9.17, 15) is 4.79 Å². The van der Waals surface area contributed by atoms with Crippen LogP contribution in [0, 0.1) is 0 Å². The summed E-state index contributed by atoms with van der Waals surface area (Å²) in [7, 11) is 0. The molecule has 3 rings (SSSR count). The SMILES string of the molecule is CC1CN(C(=O)O)CCN1c1ncnc2[nH]ncc12. The number of H-pyrrole nitrogens is 1. The molecule has 2 N–H and O–H groups in total. The lowest BCUT2D eigenvalue weighted by atomic mass is 10.2. The first-order valence-corrected chi connectivity index (χ1v) is 6.05. The third kappa shape index (κ3) is 1.94. The summed E-state index contributed by atoms with van der Waals surface area (Å²) in [5.41, 5.74) is 0.692. The van der Waals surface area contributed by atoms with Crippen LogP contribution >= 0.6 is 0 Å². The van der Waals surface area contributed by atoms with Gasteiger partial charge in [0.25, 0.3) is 0 Å². The zero-order valence-corrected chi connectivity index (χ0v) is 10.4. The number of anilines is 1. The third-order valence-corrected chi connectivity index (χ3v) is 3.40. The summed E-state index contributed by atoms with van der Waals surface area (Å²) in [5.74, 6) is 0.802. The summed E-state index contributed by atoms with van der Waals surface area (Å²) in [5, 5.41) is 16.7. The Kier molecular flexibility index (Phi) is 2.69. The molecule has 1 aliphatic heterocycles. The molecule has 1 unspecified atom stereocenters. The number of piperazine rings is 1. The molecule has 0 aliphatic carbocycles. The number of amides is 1. The minimum Gasteiger partial charge on any atom is -0.465 e. The average molecular weight is 262 g/mol. The van der Waals surface area contributed by atoms with Crippen molar-refractivity contribution in [1.82, 2.24) is 25.1 Å². The number of carboxylic acid groups (broad SMARTS) is 1. The van der Waals surface area contributed by atoms with Crippen LogP contribution in [0.25, 0.3) is 11.0 Å². The van der Waals surface area contributed by atoms with Gasteiger partial charge in [0, 0.05) is 25.7 Å². The first-order valence-electron chi connectivity index (χ1n) is 6.05. The predicted molar refractivity (Wildman–Crippen MR) is 68.1 cm³/mol. The molecule has 1 aliphatic rings. The van der Waals surface area contributed by atoms with E-state index in [0.29, 0.717) is 25.3 Å². The molecule has 8 heteroatoms. The van der Waals surface area contributed by atoms with Crippen molar-refractivity contribution < 1.29 is 9.90 Å². The minimum absolute atomic E-state index is 0.0675. The summed E-state index contributed by atoms with van der Waals surface area (Å²) >= 11 is 0. The van der Waals surface area contributed by atoms with Crippen LogP contribution in [0.1, 0.15) is 6.92 Å². The summed E-state index contributed by atoms with van der Waals surface area (Å²) in [6, 6.07) is 0.0675. The van der Waals surface area contributed by atoms with Gasteiger partial charge in [-0.25, -0.2) is 14.8 Å². The van der Waals surface area contributed by atoms with Gasteiger partial charge in [-0.1, -0.05) is 0 Å². The van der Waals surface area contributed by atoms with Crippen molar-refractivity contribution in [3.8, 4) is 0 Å². The number of aromatic amines is 1. The van der Waals surface area contributed by atoms with Crippen molar-refractivity contribution >= 4 is 22.9 Å². The molecule has 100 valence electrons. The minimum atomic E-state index is -0.873. The highest BCUT2D eigenvalue weighted by Gasteiger charge is 2.28. The number of carbonyl (C=O) groups is 1. The van der Waals surface area contributed by atoms with Gasteiger partial charge in [0.15, 0.2) is 5.65 Å². The normalized spacial score (nSPS) is 19.9. The fraction of sp³-hybridized carbons (Fsp3) is 0.455. The second-order valence-electron chi connectivity index (χ2n) is 4.60.